The minimum atomic E-state index is -0.265. The summed E-state index contributed by atoms with van der Waals surface area (Å²) in [5.74, 6) is 0.136. The number of hydrogen-bond acceptors (Lipinski definition) is 4. The van der Waals surface area contributed by atoms with Gasteiger partial charge in [0, 0.05) is 16.9 Å². The summed E-state index contributed by atoms with van der Waals surface area (Å²) in [5.41, 5.74) is 5.02. The smallest absolute Gasteiger partial charge is 0.258 e. The van der Waals surface area contributed by atoms with E-state index in [4.69, 9.17) is 4.98 Å². The third kappa shape index (κ3) is 3.72. The molecule has 1 amide bonds. The maximum absolute atomic E-state index is 13.1. The number of carbonyl (C=O) groups is 1. The number of aryl methyl sites for hydroxylation is 4. The van der Waals surface area contributed by atoms with Gasteiger partial charge in [0.1, 0.15) is 6.54 Å². The van der Waals surface area contributed by atoms with Crippen molar-refractivity contribution in [3.63, 3.8) is 0 Å². The van der Waals surface area contributed by atoms with Crippen LogP contribution in [0.3, 0.4) is 0 Å². The van der Waals surface area contributed by atoms with Gasteiger partial charge in [-0.25, -0.2) is 9.67 Å². The fourth-order valence-electron chi connectivity index (χ4n) is 3.82. The number of aromatic nitrogens is 4. The first-order valence-electron chi connectivity index (χ1n) is 10.0. The summed E-state index contributed by atoms with van der Waals surface area (Å²) in [4.78, 5) is 30.6. The van der Waals surface area contributed by atoms with E-state index in [1.807, 2.05) is 44.2 Å². The molecule has 2 heterocycles. The van der Waals surface area contributed by atoms with Gasteiger partial charge in [0.2, 0.25) is 11.9 Å². The highest BCUT2D eigenvalue weighted by atomic mass is 16.2. The molecule has 2 aromatic heterocycles. The van der Waals surface area contributed by atoms with Gasteiger partial charge in [-0.05, 0) is 63.3 Å². The molecule has 0 fully saturated rings. The molecular weight excluding hydrogens is 366 g/mol. The first-order chi connectivity index (χ1) is 14.0. The maximum Gasteiger partial charge on any atom is 0.258 e. The molecule has 0 radical (unpaired) electrons. The van der Waals surface area contributed by atoms with Gasteiger partial charge in [0.05, 0.1) is 11.4 Å². The van der Waals surface area contributed by atoms with Crippen LogP contribution in [0.5, 0.6) is 0 Å². The Kier molecular flexibility index (Phi) is 5.05. The van der Waals surface area contributed by atoms with Crippen LogP contribution in [0.2, 0.25) is 0 Å². The molecule has 0 aliphatic heterocycles. The topological polar surface area (TPSA) is 81.8 Å². The molecule has 3 aromatic rings. The van der Waals surface area contributed by atoms with Crippen molar-refractivity contribution in [3.05, 3.63) is 68.9 Å². The lowest BCUT2D eigenvalue weighted by molar-refractivity contribution is -0.116. The van der Waals surface area contributed by atoms with E-state index in [1.54, 1.807) is 4.68 Å². The van der Waals surface area contributed by atoms with Crippen LogP contribution in [0.4, 0.5) is 5.69 Å². The van der Waals surface area contributed by atoms with Crippen LogP contribution in [0, 0.1) is 13.8 Å². The largest absolute Gasteiger partial charge is 0.325 e. The van der Waals surface area contributed by atoms with Crippen LogP contribution in [0.1, 0.15) is 41.6 Å². The Labute approximate surface area is 169 Å². The fraction of sp³-hybridized carbons (Fsp3) is 0.364. The van der Waals surface area contributed by atoms with Crippen molar-refractivity contribution in [1.82, 2.24) is 19.3 Å². The predicted molar refractivity (Wildman–Crippen MR) is 112 cm³/mol. The second-order valence-corrected chi connectivity index (χ2v) is 7.52. The highest BCUT2D eigenvalue weighted by Crippen LogP contribution is 2.19. The molecular formula is C22H25N5O2. The van der Waals surface area contributed by atoms with Gasteiger partial charge in [-0.3, -0.25) is 14.2 Å². The number of benzene rings is 1. The van der Waals surface area contributed by atoms with Crippen molar-refractivity contribution >= 4 is 11.6 Å². The van der Waals surface area contributed by atoms with Gasteiger partial charge in [-0.15, -0.1) is 0 Å². The number of amides is 1. The lowest BCUT2D eigenvalue weighted by atomic mass is 10.1. The molecule has 1 aliphatic rings. The third-order valence-corrected chi connectivity index (χ3v) is 5.32. The van der Waals surface area contributed by atoms with E-state index in [1.165, 1.54) is 10.1 Å². The van der Waals surface area contributed by atoms with E-state index in [0.29, 0.717) is 18.1 Å². The average Bonchev–Trinajstić information content (AvgIpc) is 3.30. The lowest BCUT2D eigenvalue weighted by Gasteiger charge is -2.15. The van der Waals surface area contributed by atoms with E-state index in [0.717, 1.165) is 41.9 Å². The first kappa shape index (κ1) is 19.1. The number of nitrogens with zero attached hydrogens (tertiary/aromatic N) is 4. The van der Waals surface area contributed by atoms with Crippen molar-refractivity contribution in [2.75, 3.05) is 5.32 Å². The first-order valence-corrected chi connectivity index (χ1v) is 10.0. The average molecular weight is 391 g/mol. The van der Waals surface area contributed by atoms with Crippen molar-refractivity contribution in [2.45, 2.75) is 53.0 Å². The Morgan fingerprint density at radius 2 is 1.93 bits per heavy atom. The van der Waals surface area contributed by atoms with Crippen LogP contribution < -0.4 is 10.9 Å². The van der Waals surface area contributed by atoms with E-state index >= 15 is 0 Å². The Morgan fingerprint density at radius 1 is 1.17 bits per heavy atom. The standard InChI is InChI=1S/C22H25N5O2/c1-4-16-8-10-17(11-9-16)23-20(28)13-26-21(29)18-6-5-7-19(18)24-22(26)27-15(3)12-14(2)25-27/h8-12H,4-7,13H2,1-3H3,(H,23,28). The molecule has 1 aliphatic carbocycles. The highest BCUT2D eigenvalue weighted by molar-refractivity contribution is 5.90. The molecule has 29 heavy (non-hydrogen) atoms. The molecule has 0 saturated carbocycles. The van der Waals surface area contributed by atoms with Gasteiger partial charge in [0.15, 0.2) is 0 Å². The van der Waals surface area contributed by atoms with Crippen molar-refractivity contribution in [2.24, 2.45) is 0 Å². The van der Waals surface area contributed by atoms with Crippen LogP contribution in [-0.4, -0.2) is 25.2 Å². The monoisotopic (exact) mass is 391 g/mol. The number of anilines is 1. The zero-order valence-corrected chi connectivity index (χ0v) is 17.0. The van der Waals surface area contributed by atoms with Gasteiger partial charge in [-0.2, -0.15) is 5.10 Å². The van der Waals surface area contributed by atoms with Gasteiger partial charge in [0.25, 0.3) is 5.56 Å². The van der Waals surface area contributed by atoms with Crippen LogP contribution in [0.15, 0.2) is 35.1 Å². The van der Waals surface area contributed by atoms with Gasteiger partial charge < -0.3 is 5.32 Å². The number of rotatable bonds is 5. The molecule has 7 heteroatoms. The maximum atomic E-state index is 13.1. The Morgan fingerprint density at radius 3 is 2.59 bits per heavy atom. The molecule has 0 bridgehead atoms. The predicted octanol–water partition coefficient (Wildman–Crippen LogP) is 2.74. The summed E-state index contributed by atoms with van der Waals surface area (Å²) in [6.07, 6.45) is 3.34. The fourth-order valence-corrected chi connectivity index (χ4v) is 3.82. The Hall–Kier alpha value is -3.22. The van der Waals surface area contributed by atoms with Crippen LogP contribution in [0.25, 0.3) is 5.95 Å². The summed E-state index contributed by atoms with van der Waals surface area (Å²) < 4.78 is 3.10. The molecule has 1 aromatic carbocycles. The second kappa shape index (κ2) is 7.66. The minimum Gasteiger partial charge on any atom is -0.325 e. The summed E-state index contributed by atoms with van der Waals surface area (Å²) in [6, 6.07) is 9.66. The molecule has 0 unspecified atom stereocenters. The zero-order valence-electron chi connectivity index (χ0n) is 17.0. The summed E-state index contributed by atoms with van der Waals surface area (Å²) in [5, 5.41) is 7.36. The minimum absolute atomic E-state index is 0.109. The van der Waals surface area contributed by atoms with E-state index < -0.39 is 0 Å². The summed E-state index contributed by atoms with van der Waals surface area (Å²) in [6.45, 7) is 5.79. The van der Waals surface area contributed by atoms with E-state index in [2.05, 4.69) is 17.3 Å². The van der Waals surface area contributed by atoms with Crippen LogP contribution in [-0.2, 0) is 30.6 Å². The third-order valence-electron chi connectivity index (χ3n) is 5.32. The van der Waals surface area contributed by atoms with Crippen molar-refractivity contribution in [1.29, 1.82) is 0 Å². The molecule has 150 valence electrons. The van der Waals surface area contributed by atoms with Gasteiger partial charge >= 0.3 is 0 Å². The molecule has 0 atom stereocenters. The normalized spacial score (nSPS) is 12.8. The van der Waals surface area contributed by atoms with E-state index in [-0.39, 0.29) is 18.0 Å². The highest BCUT2D eigenvalue weighted by Gasteiger charge is 2.23. The Balaban J connectivity index is 1.69. The zero-order chi connectivity index (χ0) is 20.5. The van der Waals surface area contributed by atoms with Crippen molar-refractivity contribution < 1.29 is 4.79 Å². The van der Waals surface area contributed by atoms with Gasteiger partial charge in [-0.1, -0.05) is 19.1 Å². The number of hydrogen-bond donors (Lipinski definition) is 1. The summed E-state index contributed by atoms with van der Waals surface area (Å²) in [7, 11) is 0. The number of nitrogens with one attached hydrogen (secondary N) is 1. The molecule has 1 N–H and O–H groups in total. The number of carbonyl (C=O) groups excluding carboxylic acids is 1. The summed E-state index contributed by atoms with van der Waals surface area (Å²) >= 11 is 0. The molecule has 0 spiro atoms. The Bertz CT molecular complexity index is 1130. The second-order valence-electron chi connectivity index (χ2n) is 7.52. The van der Waals surface area contributed by atoms with E-state index in [9.17, 15) is 9.59 Å². The quantitative estimate of drug-likeness (QED) is 0.725. The van der Waals surface area contributed by atoms with Crippen LogP contribution >= 0.6 is 0 Å². The lowest BCUT2D eigenvalue weighted by Crippen LogP contribution is -2.34. The SMILES string of the molecule is CCc1ccc(NC(=O)Cn2c(-n3nc(C)cc3C)nc3c(c2=O)CCC3)cc1. The molecule has 4 rings (SSSR count). The molecule has 7 nitrogen and oxygen atoms in total. The number of fused-ring (bicyclic) bond motifs is 1. The van der Waals surface area contributed by atoms with Crippen molar-refractivity contribution in [3.8, 4) is 5.95 Å². The molecule has 0 saturated heterocycles.